The molecule has 1 amide bonds. The van der Waals surface area contributed by atoms with E-state index in [2.05, 4.69) is 6.58 Å². The number of fused-ring (bicyclic) bond motifs is 2. The number of rotatable bonds is 4. The first kappa shape index (κ1) is 15.4. The Labute approximate surface area is 146 Å². The third-order valence-corrected chi connectivity index (χ3v) is 4.58. The van der Waals surface area contributed by atoms with Gasteiger partial charge in [0.2, 0.25) is 5.91 Å². The van der Waals surface area contributed by atoms with E-state index in [9.17, 15) is 4.79 Å². The number of imidazole rings is 1. The molecule has 2 aromatic heterocycles. The number of benzene rings is 1. The van der Waals surface area contributed by atoms with Crippen molar-refractivity contribution in [2.75, 3.05) is 18.6 Å². The summed E-state index contributed by atoms with van der Waals surface area (Å²) in [5.74, 6) is 0.801. The fraction of sp³-hybridized carbons (Fsp3) is 0.200. The number of methoxy groups -OCH3 is 1. The molecular weight excluding hydrogens is 314 g/mol. The molecule has 0 saturated carbocycles. The van der Waals surface area contributed by atoms with Crippen LogP contribution in [0.5, 0.6) is 5.75 Å². The monoisotopic (exact) mass is 333 g/mol. The summed E-state index contributed by atoms with van der Waals surface area (Å²) in [6.45, 7) is 4.25. The SMILES string of the molecule is C=CCN1C(=O)CCc2c(-c3cn4ccccc4n3)ccc(OC)c21. The normalized spacial score (nSPS) is 13.8. The molecule has 3 aromatic rings. The molecular formula is C20H19N3O2. The molecule has 0 bridgehead atoms. The number of anilines is 1. The third-order valence-electron chi connectivity index (χ3n) is 4.58. The van der Waals surface area contributed by atoms with Gasteiger partial charge in [0.15, 0.2) is 0 Å². The number of carbonyl (C=O) groups excluding carboxylic acids is 1. The molecule has 0 aliphatic carbocycles. The van der Waals surface area contributed by atoms with Crippen molar-refractivity contribution in [2.45, 2.75) is 12.8 Å². The van der Waals surface area contributed by atoms with Crippen LogP contribution in [0.25, 0.3) is 16.9 Å². The summed E-state index contributed by atoms with van der Waals surface area (Å²) in [6.07, 6.45) is 6.90. The first-order valence-corrected chi connectivity index (χ1v) is 8.28. The Morgan fingerprint density at radius 1 is 1.28 bits per heavy atom. The molecule has 5 nitrogen and oxygen atoms in total. The number of ether oxygens (including phenoxy) is 1. The molecule has 5 heteroatoms. The molecule has 0 spiro atoms. The summed E-state index contributed by atoms with van der Waals surface area (Å²) in [5, 5.41) is 0. The quantitative estimate of drug-likeness (QED) is 0.687. The largest absolute Gasteiger partial charge is 0.495 e. The van der Waals surface area contributed by atoms with Crippen LogP contribution in [-0.4, -0.2) is 28.9 Å². The van der Waals surface area contributed by atoms with Crippen molar-refractivity contribution in [3.63, 3.8) is 0 Å². The molecule has 25 heavy (non-hydrogen) atoms. The Morgan fingerprint density at radius 3 is 2.92 bits per heavy atom. The molecule has 1 aliphatic heterocycles. The van der Waals surface area contributed by atoms with E-state index < -0.39 is 0 Å². The van der Waals surface area contributed by atoms with Crippen LogP contribution in [0, 0.1) is 0 Å². The van der Waals surface area contributed by atoms with Gasteiger partial charge in [-0.05, 0) is 36.2 Å². The number of nitrogens with zero attached hydrogens (tertiary/aromatic N) is 3. The predicted octanol–water partition coefficient (Wildman–Crippen LogP) is 3.48. The average Bonchev–Trinajstić information content (AvgIpc) is 3.07. The Bertz CT molecular complexity index is 941. The lowest BCUT2D eigenvalue weighted by Gasteiger charge is -2.31. The van der Waals surface area contributed by atoms with Gasteiger partial charge in [0, 0.05) is 30.9 Å². The summed E-state index contributed by atoms with van der Waals surface area (Å²) < 4.78 is 7.53. The Hall–Kier alpha value is -3.08. The third kappa shape index (κ3) is 2.48. The zero-order valence-electron chi connectivity index (χ0n) is 14.1. The van der Waals surface area contributed by atoms with Gasteiger partial charge < -0.3 is 14.0 Å². The number of hydrogen-bond donors (Lipinski definition) is 0. The molecule has 0 atom stereocenters. The highest BCUT2D eigenvalue weighted by molar-refractivity contribution is 6.00. The van der Waals surface area contributed by atoms with Gasteiger partial charge in [-0.3, -0.25) is 4.79 Å². The Kier molecular flexibility index (Phi) is 3.76. The summed E-state index contributed by atoms with van der Waals surface area (Å²) in [6, 6.07) is 9.87. The molecule has 1 aromatic carbocycles. The van der Waals surface area contributed by atoms with Gasteiger partial charge >= 0.3 is 0 Å². The van der Waals surface area contributed by atoms with E-state index in [-0.39, 0.29) is 5.91 Å². The smallest absolute Gasteiger partial charge is 0.227 e. The second-order valence-corrected chi connectivity index (χ2v) is 6.03. The number of amides is 1. The van der Waals surface area contributed by atoms with Crippen LogP contribution >= 0.6 is 0 Å². The van der Waals surface area contributed by atoms with Crippen LogP contribution in [-0.2, 0) is 11.2 Å². The second kappa shape index (κ2) is 6.09. The summed E-state index contributed by atoms with van der Waals surface area (Å²) in [7, 11) is 1.63. The van der Waals surface area contributed by atoms with Crippen LogP contribution < -0.4 is 9.64 Å². The van der Waals surface area contributed by atoms with Crippen molar-refractivity contribution in [2.24, 2.45) is 0 Å². The van der Waals surface area contributed by atoms with Crippen LogP contribution in [0.3, 0.4) is 0 Å². The van der Waals surface area contributed by atoms with Gasteiger partial charge in [-0.2, -0.15) is 0 Å². The number of pyridine rings is 1. The minimum Gasteiger partial charge on any atom is -0.495 e. The van der Waals surface area contributed by atoms with Crippen LogP contribution in [0.1, 0.15) is 12.0 Å². The van der Waals surface area contributed by atoms with Crippen molar-refractivity contribution < 1.29 is 9.53 Å². The Balaban J connectivity index is 1.93. The molecule has 0 unspecified atom stereocenters. The van der Waals surface area contributed by atoms with Crippen molar-refractivity contribution in [1.29, 1.82) is 0 Å². The van der Waals surface area contributed by atoms with E-state index in [0.29, 0.717) is 25.1 Å². The highest BCUT2D eigenvalue weighted by atomic mass is 16.5. The lowest BCUT2D eigenvalue weighted by molar-refractivity contribution is -0.118. The molecule has 0 N–H and O–H groups in total. The van der Waals surface area contributed by atoms with Crippen molar-refractivity contribution in [1.82, 2.24) is 9.38 Å². The molecule has 0 radical (unpaired) electrons. The minimum absolute atomic E-state index is 0.0952. The topological polar surface area (TPSA) is 46.8 Å². The zero-order chi connectivity index (χ0) is 17.4. The summed E-state index contributed by atoms with van der Waals surface area (Å²) in [5.41, 5.74) is 4.79. The van der Waals surface area contributed by atoms with E-state index >= 15 is 0 Å². The molecule has 0 fully saturated rings. The van der Waals surface area contributed by atoms with Gasteiger partial charge in [0.1, 0.15) is 11.4 Å². The Morgan fingerprint density at radius 2 is 2.16 bits per heavy atom. The lowest BCUT2D eigenvalue weighted by atomic mass is 9.93. The molecule has 126 valence electrons. The van der Waals surface area contributed by atoms with Crippen molar-refractivity contribution >= 4 is 17.2 Å². The fourth-order valence-corrected chi connectivity index (χ4v) is 3.45. The van der Waals surface area contributed by atoms with Gasteiger partial charge in [0.25, 0.3) is 0 Å². The molecule has 4 rings (SSSR count). The molecule has 0 saturated heterocycles. The maximum atomic E-state index is 12.4. The van der Waals surface area contributed by atoms with Gasteiger partial charge in [-0.25, -0.2) is 4.98 Å². The maximum absolute atomic E-state index is 12.4. The van der Waals surface area contributed by atoms with Gasteiger partial charge in [-0.1, -0.05) is 12.1 Å². The molecule has 1 aliphatic rings. The maximum Gasteiger partial charge on any atom is 0.227 e. The molecule has 3 heterocycles. The second-order valence-electron chi connectivity index (χ2n) is 6.03. The fourth-order valence-electron chi connectivity index (χ4n) is 3.45. The number of carbonyl (C=O) groups is 1. The first-order chi connectivity index (χ1) is 12.2. The van der Waals surface area contributed by atoms with E-state index in [1.807, 2.05) is 47.1 Å². The van der Waals surface area contributed by atoms with Gasteiger partial charge in [-0.15, -0.1) is 6.58 Å². The van der Waals surface area contributed by atoms with Crippen LogP contribution in [0.15, 0.2) is 55.4 Å². The standard InChI is InChI=1S/C20H19N3O2/c1-3-11-23-19(24)10-8-15-14(7-9-17(25-2)20(15)23)16-13-22-12-5-4-6-18(22)21-16/h3-7,9,12-13H,1,8,10-11H2,2H3. The highest BCUT2D eigenvalue weighted by Gasteiger charge is 2.29. The zero-order valence-corrected chi connectivity index (χ0v) is 14.1. The first-order valence-electron chi connectivity index (χ1n) is 8.28. The van der Waals surface area contributed by atoms with Crippen molar-refractivity contribution in [3.05, 3.63) is 60.9 Å². The van der Waals surface area contributed by atoms with Gasteiger partial charge in [0.05, 0.1) is 18.5 Å². The van der Waals surface area contributed by atoms with E-state index in [4.69, 9.17) is 9.72 Å². The van der Waals surface area contributed by atoms with Crippen molar-refractivity contribution in [3.8, 4) is 17.0 Å². The van der Waals surface area contributed by atoms with E-state index in [0.717, 1.165) is 28.2 Å². The summed E-state index contributed by atoms with van der Waals surface area (Å²) >= 11 is 0. The van der Waals surface area contributed by atoms with E-state index in [1.54, 1.807) is 18.1 Å². The minimum atomic E-state index is 0.0952. The average molecular weight is 333 g/mol. The van der Waals surface area contributed by atoms with Crippen LogP contribution in [0.2, 0.25) is 0 Å². The number of aromatic nitrogens is 2. The highest BCUT2D eigenvalue weighted by Crippen LogP contribution is 2.42. The summed E-state index contributed by atoms with van der Waals surface area (Å²) in [4.78, 5) is 18.9. The lowest BCUT2D eigenvalue weighted by Crippen LogP contribution is -2.35. The number of hydrogen-bond acceptors (Lipinski definition) is 3. The predicted molar refractivity (Wildman–Crippen MR) is 98.1 cm³/mol. The van der Waals surface area contributed by atoms with Crippen LogP contribution in [0.4, 0.5) is 5.69 Å². The van der Waals surface area contributed by atoms with E-state index in [1.165, 1.54) is 0 Å².